The lowest BCUT2D eigenvalue weighted by molar-refractivity contribution is 0.0542. The van der Waals surface area contributed by atoms with Gasteiger partial charge in [-0.2, -0.15) is 0 Å². The molecule has 1 fully saturated rings. The van der Waals surface area contributed by atoms with Crippen LogP contribution in [0.1, 0.15) is 38.0 Å². The Balaban J connectivity index is 1.88. The highest BCUT2D eigenvalue weighted by molar-refractivity contribution is 7.15. The zero-order chi connectivity index (χ0) is 14.6. The third-order valence-electron chi connectivity index (χ3n) is 4.31. The average molecular weight is 297 g/mol. The molecule has 1 saturated heterocycles. The molecule has 1 aliphatic rings. The number of hydrogen-bond donors (Lipinski definition) is 2. The van der Waals surface area contributed by atoms with Gasteiger partial charge in [0.05, 0.1) is 0 Å². The lowest BCUT2D eigenvalue weighted by Gasteiger charge is -2.40. The van der Waals surface area contributed by atoms with Gasteiger partial charge in [0.25, 0.3) is 0 Å². The molecule has 2 N–H and O–H groups in total. The first-order valence-corrected chi connectivity index (χ1v) is 8.05. The minimum atomic E-state index is -0.0790. The third-order valence-corrected chi connectivity index (χ3v) is 5.37. The second kappa shape index (κ2) is 6.54. The molecule has 1 aromatic heterocycles. The number of aliphatic hydroxyl groups excluding tert-OH is 1. The van der Waals surface area contributed by atoms with E-state index < -0.39 is 0 Å². The smallest absolute Gasteiger partial charge is 0.323 e. The number of aryl methyl sites for hydroxylation is 1. The summed E-state index contributed by atoms with van der Waals surface area (Å²) in [6.07, 6.45) is 5.44. The molecule has 0 aliphatic carbocycles. The zero-order valence-corrected chi connectivity index (χ0v) is 13.0. The largest absolute Gasteiger partial charge is 0.396 e. The number of piperidine rings is 1. The van der Waals surface area contributed by atoms with E-state index in [0.717, 1.165) is 25.7 Å². The van der Waals surface area contributed by atoms with Crippen molar-refractivity contribution in [2.24, 2.45) is 5.41 Å². The maximum absolute atomic E-state index is 12.2. The second-order valence-corrected chi connectivity index (χ2v) is 6.53. The normalized spacial score (nSPS) is 18.1. The number of aliphatic hydroxyl groups is 1. The summed E-state index contributed by atoms with van der Waals surface area (Å²) >= 11 is 1.52. The van der Waals surface area contributed by atoms with Gasteiger partial charge in [-0.05, 0) is 31.1 Å². The van der Waals surface area contributed by atoms with E-state index in [4.69, 9.17) is 0 Å². The number of urea groups is 1. The van der Waals surface area contributed by atoms with Gasteiger partial charge in [-0.3, -0.25) is 5.32 Å². The number of thiazole rings is 1. The highest BCUT2D eigenvalue weighted by Crippen LogP contribution is 2.34. The van der Waals surface area contributed by atoms with Crippen LogP contribution in [-0.2, 0) is 6.42 Å². The van der Waals surface area contributed by atoms with Gasteiger partial charge in [0.15, 0.2) is 5.13 Å². The molecule has 112 valence electrons. The Hall–Kier alpha value is -1.14. The van der Waals surface area contributed by atoms with Crippen LogP contribution in [0, 0.1) is 5.41 Å². The molecule has 1 aliphatic heterocycles. The standard InChI is InChI=1S/C14H23N3O2S/c1-3-11-9-15-12(20-11)16-13(19)17-7-5-14(4-2,10-18)6-8-17/h9,18H,3-8,10H2,1-2H3,(H,15,16,19). The van der Waals surface area contributed by atoms with Crippen LogP contribution in [0.5, 0.6) is 0 Å². The van der Waals surface area contributed by atoms with Gasteiger partial charge >= 0.3 is 6.03 Å². The van der Waals surface area contributed by atoms with Crippen molar-refractivity contribution >= 4 is 22.5 Å². The van der Waals surface area contributed by atoms with Gasteiger partial charge in [-0.1, -0.05) is 13.8 Å². The van der Waals surface area contributed by atoms with E-state index in [0.29, 0.717) is 18.2 Å². The fraction of sp³-hybridized carbons (Fsp3) is 0.714. The summed E-state index contributed by atoms with van der Waals surface area (Å²) in [5.74, 6) is 0. The van der Waals surface area contributed by atoms with Crippen LogP contribution < -0.4 is 5.32 Å². The van der Waals surface area contributed by atoms with Crippen LogP contribution in [0.15, 0.2) is 6.20 Å². The monoisotopic (exact) mass is 297 g/mol. The molecule has 0 aromatic carbocycles. The first-order valence-electron chi connectivity index (χ1n) is 7.24. The molecule has 20 heavy (non-hydrogen) atoms. The number of likely N-dealkylation sites (tertiary alicyclic amines) is 1. The van der Waals surface area contributed by atoms with Crippen molar-refractivity contribution < 1.29 is 9.90 Å². The fourth-order valence-electron chi connectivity index (χ4n) is 2.51. The fourth-order valence-corrected chi connectivity index (χ4v) is 3.25. The molecule has 0 saturated carbocycles. The molecule has 0 spiro atoms. The Labute approximate surface area is 124 Å². The van der Waals surface area contributed by atoms with Crippen molar-refractivity contribution in [2.45, 2.75) is 39.5 Å². The van der Waals surface area contributed by atoms with Crippen molar-refractivity contribution in [3.63, 3.8) is 0 Å². The molecule has 0 radical (unpaired) electrons. The number of nitrogens with zero attached hydrogens (tertiary/aromatic N) is 2. The quantitative estimate of drug-likeness (QED) is 0.898. The SMILES string of the molecule is CCc1cnc(NC(=O)N2CCC(CC)(CO)CC2)s1. The maximum atomic E-state index is 12.2. The summed E-state index contributed by atoms with van der Waals surface area (Å²) in [6.45, 7) is 5.79. The number of amides is 2. The highest BCUT2D eigenvalue weighted by Gasteiger charge is 2.33. The van der Waals surface area contributed by atoms with Gasteiger partial charge in [0.1, 0.15) is 0 Å². The van der Waals surface area contributed by atoms with Gasteiger partial charge in [-0.15, -0.1) is 11.3 Å². The van der Waals surface area contributed by atoms with Crippen molar-refractivity contribution in [1.82, 2.24) is 9.88 Å². The van der Waals surface area contributed by atoms with Gasteiger partial charge in [-0.25, -0.2) is 9.78 Å². The molecule has 2 amide bonds. The number of aromatic nitrogens is 1. The summed E-state index contributed by atoms with van der Waals surface area (Å²) in [7, 11) is 0. The minimum Gasteiger partial charge on any atom is -0.396 e. The maximum Gasteiger partial charge on any atom is 0.323 e. The molecule has 0 atom stereocenters. The van der Waals surface area contributed by atoms with Crippen molar-refractivity contribution in [1.29, 1.82) is 0 Å². The molecule has 2 heterocycles. The number of carbonyl (C=O) groups is 1. The molecule has 1 aromatic rings. The lowest BCUT2D eigenvalue weighted by atomic mass is 9.77. The van der Waals surface area contributed by atoms with E-state index in [1.54, 1.807) is 0 Å². The summed E-state index contributed by atoms with van der Waals surface area (Å²) in [4.78, 5) is 19.4. The van der Waals surface area contributed by atoms with E-state index in [1.165, 1.54) is 16.2 Å². The molecule has 0 bridgehead atoms. The van der Waals surface area contributed by atoms with Crippen LogP contribution >= 0.6 is 11.3 Å². The van der Waals surface area contributed by atoms with Crippen molar-refractivity contribution in [3.8, 4) is 0 Å². The van der Waals surface area contributed by atoms with Gasteiger partial charge in [0.2, 0.25) is 0 Å². The summed E-state index contributed by atoms with van der Waals surface area (Å²) in [6, 6.07) is -0.0790. The highest BCUT2D eigenvalue weighted by atomic mass is 32.1. The summed E-state index contributed by atoms with van der Waals surface area (Å²) in [5.41, 5.74) is 0.00728. The number of rotatable bonds is 4. The first kappa shape index (κ1) is 15.3. The third kappa shape index (κ3) is 3.30. The van der Waals surface area contributed by atoms with Crippen LogP contribution in [0.2, 0.25) is 0 Å². The number of nitrogens with one attached hydrogen (secondary N) is 1. The predicted molar refractivity (Wildman–Crippen MR) is 81.1 cm³/mol. The van der Waals surface area contributed by atoms with Crippen LogP contribution in [-0.4, -0.2) is 40.7 Å². The van der Waals surface area contributed by atoms with E-state index >= 15 is 0 Å². The molecule has 6 heteroatoms. The number of anilines is 1. The number of hydrogen-bond acceptors (Lipinski definition) is 4. The van der Waals surface area contributed by atoms with Crippen LogP contribution in [0.4, 0.5) is 9.93 Å². The van der Waals surface area contributed by atoms with Crippen LogP contribution in [0.25, 0.3) is 0 Å². The Morgan fingerprint density at radius 2 is 2.20 bits per heavy atom. The van der Waals surface area contributed by atoms with E-state index in [2.05, 4.69) is 24.1 Å². The Morgan fingerprint density at radius 3 is 2.70 bits per heavy atom. The first-order chi connectivity index (χ1) is 9.62. The molecule has 0 unspecified atom stereocenters. The van der Waals surface area contributed by atoms with Crippen molar-refractivity contribution in [3.05, 3.63) is 11.1 Å². The van der Waals surface area contributed by atoms with Crippen LogP contribution in [0.3, 0.4) is 0 Å². The Bertz CT molecular complexity index is 447. The minimum absolute atomic E-state index is 0.00728. The van der Waals surface area contributed by atoms with E-state index in [9.17, 15) is 9.90 Å². The Morgan fingerprint density at radius 1 is 1.50 bits per heavy atom. The molecule has 2 rings (SSSR count). The molecular formula is C14H23N3O2S. The predicted octanol–water partition coefficient (Wildman–Crippen LogP) is 2.72. The second-order valence-electron chi connectivity index (χ2n) is 5.41. The molecular weight excluding hydrogens is 274 g/mol. The van der Waals surface area contributed by atoms with E-state index in [1.807, 2.05) is 11.1 Å². The molecule has 5 nitrogen and oxygen atoms in total. The summed E-state index contributed by atoms with van der Waals surface area (Å²) in [5, 5.41) is 13.0. The van der Waals surface area contributed by atoms with Gasteiger partial charge < -0.3 is 10.0 Å². The average Bonchev–Trinajstić information content (AvgIpc) is 2.95. The van der Waals surface area contributed by atoms with Gasteiger partial charge in [0, 0.05) is 30.8 Å². The lowest BCUT2D eigenvalue weighted by Crippen LogP contribution is -2.46. The zero-order valence-electron chi connectivity index (χ0n) is 12.2. The van der Waals surface area contributed by atoms with Crippen molar-refractivity contribution in [2.75, 3.05) is 25.0 Å². The summed E-state index contributed by atoms with van der Waals surface area (Å²) < 4.78 is 0. The van der Waals surface area contributed by atoms with E-state index in [-0.39, 0.29) is 18.1 Å². The Kier molecular flexibility index (Phi) is 4.99. The topological polar surface area (TPSA) is 65.5 Å². The number of carbonyl (C=O) groups excluding carboxylic acids is 1.